The molecule has 18 atom stereocenters. The lowest BCUT2D eigenvalue weighted by Crippen LogP contribution is -2.63. The summed E-state index contributed by atoms with van der Waals surface area (Å²) >= 11 is 0. The monoisotopic (exact) mass is 785 g/mol. The first-order chi connectivity index (χ1) is 25.7. The number of likely N-dealkylation sites (N-methyl/N-ethyl adjacent to an activating group) is 1. The van der Waals surface area contributed by atoms with Crippen LogP contribution < -0.4 is 0 Å². The van der Waals surface area contributed by atoms with E-state index in [9.17, 15) is 14.7 Å². The highest BCUT2D eigenvalue weighted by molar-refractivity contribution is 5.73. The van der Waals surface area contributed by atoms with Crippen molar-refractivity contribution in [2.45, 2.75) is 186 Å². The molecule has 0 aromatic heterocycles. The molecule has 5 saturated heterocycles. The number of esters is 1. The summed E-state index contributed by atoms with van der Waals surface area (Å²) in [7, 11) is 7.56. The SMILES string of the molecule is CC[C@H]1OC(=O)[C@H](C)C(O[C@H]2C[C@@](C)(OC)[C@@H](O)[C@H](C)O2)[C@H](C)[C@H]2O[C@@H]3O[C@H](C)C[C@H](N(C)C)[C@H]3OC(=O)O[C@]2(C)C[C@@H](C)CN(C)[C@H](C)[C@H]2CCO[C@@]21C. The van der Waals surface area contributed by atoms with Crippen LogP contribution in [0.5, 0.6) is 0 Å². The number of carbonyl (C=O) groups is 2. The van der Waals surface area contributed by atoms with Gasteiger partial charge in [0.25, 0.3) is 0 Å². The molecule has 0 spiro atoms. The van der Waals surface area contributed by atoms with E-state index < -0.39 is 90.0 Å². The second kappa shape index (κ2) is 17.3. The van der Waals surface area contributed by atoms with Crippen LogP contribution in [0.25, 0.3) is 0 Å². The third-order valence-corrected chi connectivity index (χ3v) is 13.8. The lowest BCUT2D eigenvalue weighted by Gasteiger charge is -2.51. The van der Waals surface area contributed by atoms with Gasteiger partial charge in [-0.1, -0.05) is 20.8 Å². The molecule has 14 nitrogen and oxygen atoms in total. The third-order valence-electron chi connectivity index (χ3n) is 13.8. The van der Waals surface area contributed by atoms with Crippen LogP contribution in [-0.4, -0.2) is 153 Å². The average molecular weight is 785 g/mol. The average Bonchev–Trinajstić information content (AvgIpc) is 3.51. The number of nitrogens with zero attached hydrogens (tertiary/aromatic N) is 2. The number of methoxy groups -OCH3 is 1. The van der Waals surface area contributed by atoms with E-state index in [1.807, 2.05) is 53.6 Å². The summed E-state index contributed by atoms with van der Waals surface area (Å²) in [4.78, 5) is 32.9. The molecule has 1 unspecified atom stereocenters. The van der Waals surface area contributed by atoms with Gasteiger partial charge in [0.2, 0.25) is 0 Å². The molecule has 14 heteroatoms. The highest BCUT2D eigenvalue weighted by atomic mass is 16.8. The molecule has 55 heavy (non-hydrogen) atoms. The number of ether oxygens (including phenoxy) is 9. The van der Waals surface area contributed by atoms with E-state index >= 15 is 0 Å². The fraction of sp³-hybridized carbons (Fsp3) is 0.951. The van der Waals surface area contributed by atoms with E-state index in [-0.39, 0.29) is 36.4 Å². The van der Waals surface area contributed by atoms with Crippen LogP contribution in [-0.2, 0) is 47.4 Å². The Hall–Kier alpha value is -1.62. The van der Waals surface area contributed by atoms with Crippen molar-refractivity contribution in [1.29, 1.82) is 0 Å². The van der Waals surface area contributed by atoms with Gasteiger partial charge >= 0.3 is 12.1 Å². The molecule has 0 bridgehead atoms. The Labute approximate surface area is 329 Å². The quantitative estimate of drug-likeness (QED) is 0.383. The molecule has 0 aromatic rings. The first-order valence-corrected chi connectivity index (χ1v) is 20.6. The van der Waals surface area contributed by atoms with Crippen molar-refractivity contribution < 1.29 is 57.3 Å². The minimum absolute atomic E-state index is 0.0290. The standard InChI is InChI=1S/C41H72N2O12/c1-15-30-41(10)28(16-17-48-41)26(6)43(13)21-22(2)19-40(9)35(54-37-33(53-38(46)55-40)29(42(11)12)18-23(3)49-37)24(4)32(25(5)36(45)51-30)52-31-20-39(8,47-14)34(44)27(7)50-31/h22-35,37,44H,15-21H2,1-14H3/t22-,23-,24+,25-,26-,27+,28-,29+,30-,31+,32?,33-,34+,35-,37+,39-,40-,41+/m1/s1. The van der Waals surface area contributed by atoms with Gasteiger partial charge in [-0.2, -0.15) is 0 Å². The summed E-state index contributed by atoms with van der Waals surface area (Å²) in [5.74, 6) is -1.76. The lowest BCUT2D eigenvalue weighted by molar-refractivity contribution is -0.328. The van der Waals surface area contributed by atoms with Gasteiger partial charge in [-0.15, -0.1) is 0 Å². The molecule has 0 saturated carbocycles. The smallest absolute Gasteiger partial charge is 0.459 e. The van der Waals surface area contributed by atoms with Gasteiger partial charge in [0.05, 0.1) is 35.9 Å². The number of aliphatic hydroxyl groups is 1. The van der Waals surface area contributed by atoms with E-state index in [2.05, 4.69) is 32.7 Å². The topological polar surface area (TPSA) is 144 Å². The molecular formula is C41H72N2O12. The molecule has 0 radical (unpaired) electrons. The second-order valence-corrected chi connectivity index (χ2v) is 18.3. The van der Waals surface area contributed by atoms with Gasteiger partial charge in [-0.3, -0.25) is 4.79 Å². The molecule has 5 fully saturated rings. The van der Waals surface area contributed by atoms with Crippen LogP contribution >= 0.6 is 0 Å². The normalized spacial score (nSPS) is 49.5. The van der Waals surface area contributed by atoms with E-state index in [1.165, 1.54) is 0 Å². The van der Waals surface area contributed by atoms with E-state index in [0.29, 0.717) is 32.4 Å². The largest absolute Gasteiger partial charge is 0.509 e. The van der Waals surface area contributed by atoms with E-state index in [4.69, 9.17) is 42.6 Å². The number of hydrogen-bond acceptors (Lipinski definition) is 14. The maximum Gasteiger partial charge on any atom is 0.509 e. The van der Waals surface area contributed by atoms with Gasteiger partial charge in [0.1, 0.15) is 29.5 Å². The first kappa shape index (κ1) is 44.5. The van der Waals surface area contributed by atoms with Crippen molar-refractivity contribution >= 4 is 12.1 Å². The molecule has 5 aliphatic heterocycles. The zero-order valence-electron chi connectivity index (χ0n) is 35.9. The van der Waals surface area contributed by atoms with Crippen LogP contribution in [0.2, 0.25) is 0 Å². The Morgan fingerprint density at radius 1 is 0.982 bits per heavy atom. The maximum atomic E-state index is 14.6. The number of cyclic esters (lactones) is 1. The van der Waals surface area contributed by atoms with Crippen LogP contribution in [0.1, 0.15) is 101 Å². The molecule has 1 N–H and O–H groups in total. The number of fused-ring (bicyclic) bond motifs is 3. The predicted octanol–water partition coefficient (Wildman–Crippen LogP) is 4.77. The zero-order chi connectivity index (χ0) is 40.8. The highest BCUT2D eigenvalue weighted by Crippen LogP contribution is 2.45. The number of carbonyl (C=O) groups excluding carboxylic acids is 2. The Kier molecular flexibility index (Phi) is 14.0. The van der Waals surface area contributed by atoms with Gasteiger partial charge in [0.15, 0.2) is 18.7 Å². The summed E-state index contributed by atoms with van der Waals surface area (Å²) in [6.45, 7) is 21.0. The molecule has 318 valence electrons. The van der Waals surface area contributed by atoms with Gasteiger partial charge in [-0.05, 0) is 101 Å². The van der Waals surface area contributed by atoms with Gasteiger partial charge < -0.3 is 57.5 Å². The van der Waals surface area contributed by atoms with Crippen LogP contribution in [0.15, 0.2) is 0 Å². The number of aliphatic hydroxyl groups excluding tert-OH is 1. The summed E-state index contributed by atoms with van der Waals surface area (Å²) in [5, 5.41) is 11.0. The Morgan fingerprint density at radius 3 is 2.31 bits per heavy atom. The van der Waals surface area contributed by atoms with E-state index in [1.54, 1.807) is 21.0 Å². The van der Waals surface area contributed by atoms with E-state index in [0.717, 1.165) is 6.42 Å². The third kappa shape index (κ3) is 9.02. The van der Waals surface area contributed by atoms with Crippen LogP contribution in [0.3, 0.4) is 0 Å². The van der Waals surface area contributed by atoms with Crippen molar-refractivity contribution in [3.63, 3.8) is 0 Å². The Morgan fingerprint density at radius 2 is 1.67 bits per heavy atom. The van der Waals surface area contributed by atoms with Crippen molar-refractivity contribution in [2.75, 3.05) is 41.4 Å². The van der Waals surface area contributed by atoms with Gasteiger partial charge in [-0.25, -0.2) is 4.79 Å². The fourth-order valence-electron chi connectivity index (χ4n) is 10.5. The van der Waals surface area contributed by atoms with Crippen molar-refractivity contribution in [3.05, 3.63) is 0 Å². The Balaban J connectivity index is 1.63. The first-order valence-electron chi connectivity index (χ1n) is 20.6. The minimum Gasteiger partial charge on any atom is -0.459 e. The summed E-state index contributed by atoms with van der Waals surface area (Å²) in [6, 6.07) is -0.0948. The van der Waals surface area contributed by atoms with Crippen molar-refractivity contribution in [2.24, 2.45) is 23.7 Å². The minimum atomic E-state index is -1.25. The number of hydrogen-bond donors (Lipinski definition) is 1. The molecular weight excluding hydrogens is 712 g/mol. The van der Waals surface area contributed by atoms with Gasteiger partial charge in [0, 0.05) is 44.6 Å². The summed E-state index contributed by atoms with van der Waals surface area (Å²) < 4.78 is 58.0. The molecule has 0 aromatic carbocycles. The highest BCUT2D eigenvalue weighted by Gasteiger charge is 2.57. The van der Waals surface area contributed by atoms with Crippen molar-refractivity contribution in [1.82, 2.24) is 9.80 Å². The molecule has 0 amide bonds. The summed E-state index contributed by atoms with van der Waals surface area (Å²) in [5.41, 5.74) is -2.92. The molecule has 5 heterocycles. The maximum absolute atomic E-state index is 14.6. The number of rotatable bonds is 5. The molecule has 0 aliphatic carbocycles. The van der Waals surface area contributed by atoms with Crippen LogP contribution in [0.4, 0.5) is 4.79 Å². The van der Waals surface area contributed by atoms with Crippen molar-refractivity contribution in [3.8, 4) is 0 Å². The second-order valence-electron chi connectivity index (χ2n) is 18.3. The lowest BCUT2D eigenvalue weighted by atomic mass is 9.77. The van der Waals surface area contributed by atoms with Crippen LogP contribution in [0, 0.1) is 23.7 Å². The predicted molar refractivity (Wildman–Crippen MR) is 203 cm³/mol. The zero-order valence-corrected chi connectivity index (χ0v) is 35.9. The Bertz CT molecular complexity index is 1320. The molecule has 5 aliphatic rings. The molecule has 5 rings (SSSR count). The fourth-order valence-corrected chi connectivity index (χ4v) is 10.5. The summed E-state index contributed by atoms with van der Waals surface area (Å²) in [6.07, 6.45) is -4.61.